The highest BCUT2D eigenvalue weighted by Crippen LogP contribution is 2.56. The maximum atomic E-state index is 14.8. The van der Waals surface area contributed by atoms with Gasteiger partial charge in [-0.05, 0) is 56.5 Å². The molecule has 0 saturated carbocycles. The largest absolute Gasteiger partial charge is 0.305 e. The van der Waals surface area contributed by atoms with Crippen LogP contribution >= 0.6 is 54.5 Å². The van der Waals surface area contributed by atoms with E-state index in [0.717, 1.165) is 91.2 Å². The van der Waals surface area contributed by atoms with Crippen LogP contribution in [0, 0.1) is 34.8 Å². The summed E-state index contributed by atoms with van der Waals surface area (Å²) in [4.78, 5) is 37.1. The van der Waals surface area contributed by atoms with Crippen LogP contribution in [0.3, 0.4) is 0 Å². The van der Waals surface area contributed by atoms with Gasteiger partial charge in [-0.15, -0.1) is 33.8 Å². The van der Waals surface area contributed by atoms with Gasteiger partial charge >= 0.3 is 0 Å². The van der Waals surface area contributed by atoms with E-state index in [0.29, 0.717) is 36.1 Å². The maximum absolute atomic E-state index is 14.8. The Morgan fingerprint density at radius 2 is 1.00 bits per heavy atom. The summed E-state index contributed by atoms with van der Waals surface area (Å²) in [6.45, 7) is 23.6. The lowest BCUT2D eigenvalue weighted by atomic mass is 9.98. The van der Waals surface area contributed by atoms with E-state index in [-0.39, 0.29) is 11.8 Å². The standard InChI is InChI=1S/C38H52Br2N2O2S2Si2/c1-11-15-17-25(13-3)23-41-33-31(39)27(19-21-47(5,6)7)45-35(33)29(37(41)43)30-36-34(32(40)28(46-36)20-22-48(8,9)10)42(38(30)44)24-26(14-4)18-16-12-2/h25-26H,11-18,23-24H2,1-10H3. The van der Waals surface area contributed by atoms with Gasteiger partial charge in [0.2, 0.25) is 0 Å². The number of fused-ring (bicyclic) bond motifs is 2. The fourth-order valence-corrected chi connectivity index (χ4v) is 11.2. The van der Waals surface area contributed by atoms with Gasteiger partial charge in [-0.3, -0.25) is 9.59 Å². The number of amides is 2. The Morgan fingerprint density at radius 1 is 0.646 bits per heavy atom. The Hall–Kier alpha value is -1.41. The van der Waals surface area contributed by atoms with Crippen LogP contribution in [0.25, 0.3) is 11.1 Å². The molecule has 4 rings (SSSR count). The lowest BCUT2D eigenvalue weighted by Gasteiger charge is -2.24. The third-order valence-corrected chi connectivity index (χ3v) is 14.9. The number of nitrogens with zero attached hydrogens (tertiary/aromatic N) is 2. The van der Waals surface area contributed by atoms with Crippen molar-refractivity contribution in [1.82, 2.24) is 0 Å². The molecule has 2 aromatic rings. The normalized spacial score (nSPS) is 17.2. The molecular weight excluding hydrogens is 797 g/mol. The van der Waals surface area contributed by atoms with E-state index in [9.17, 15) is 9.59 Å². The maximum Gasteiger partial charge on any atom is 0.260 e. The second-order valence-electron chi connectivity index (χ2n) is 15.3. The van der Waals surface area contributed by atoms with Crippen LogP contribution in [0.2, 0.25) is 39.3 Å². The number of thiophene rings is 2. The zero-order chi connectivity index (χ0) is 35.6. The molecule has 0 aliphatic carbocycles. The first-order valence-electron chi connectivity index (χ1n) is 17.7. The summed E-state index contributed by atoms with van der Waals surface area (Å²) in [7, 11) is -3.29. The van der Waals surface area contributed by atoms with Crippen molar-refractivity contribution in [2.24, 2.45) is 11.8 Å². The lowest BCUT2D eigenvalue weighted by Crippen LogP contribution is -2.34. The van der Waals surface area contributed by atoms with Crippen molar-refractivity contribution in [1.29, 1.82) is 0 Å². The first kappa shape index (κ1) is 39.4. The van der Waals surface area contributed by atoms with E-state index >= 15 is 0 Å². The Kier molecular flexibility index (Phi) is 13.4. The molecule has 48 heavy (non-hydrogen) atoms. The minimum atomic E-state index is -1.65. The average Bonchev–Trinajstić information content (AvgIpc) is 3.68. The summed E-state index contributed by atoms with van der Waals surface area (Å²) in [5.74, 6) is 7.58. The molecule has 0 spiro atoms. The molecule has 2 aromatic heterocycles. The van der Waals surface area contributed by atoms with Crippen LogP contribution in [0.1, 0.15) is 98.6 Å². The number of hydrogen-bond acceptors (Lipinski definition) is 4. The Morgan fingerprint density at radius 3 is 1.29 bits per heavy atom. The van der Waals surface area contributed by atoms with Gasteiger partial charge in [0.25, 0.3) is 11.8 Å². The van der Waals surface area contributed by atoms with Crippen LogP contribution < -0.4 is 9.80 Å². The molecule has 2 atom stereocenters. The molecule has 2 aliphatic heterocycles. The number of unbranched alkanes of at least 4 members (excludes halogenated alkanes) is 2. The van der Waals surface area contributed by atoms with Crippen LogP contribution in [-0.4, -0.2) is 41.1 Å². The fourth-order valence-electron chi connectivity index (χ4n) is 6.08. The van der Waals surface area contributed by atoms with Crippen molar-refractivity contribution in [2.75, 3.05) is 22.9 Å². The molecule has 4 nitrogen and oxygen atoms in total. The van der Waals surface area contributed by atoms with E-state index in [4.69, 9.17) is 0 Å². The highest BCUT2D eigenvalue weighted by molar-refractivity contribution is 9.11. The number of carbonyl (C=O) groups excluding carboxylic acids is 2. The Bertz CT molecular complexity index is 1580. The average molecular weight is 849 g/mol. The molecule has 0 saturated heterocycles. The Labute approximate surface area is 316 Å². The summed E-state index contributed by atoms with van der Waals surface area (Å²) < 4.78 is 1.76. The summed E-state index contributed by atoms with van der Waals surface area (Å²) in [6, 6.07) is 0. The Balaban J connectivity index is 1.98. The molecule has 4 heterocycles. The number of anilines is 2. The van der Waals surface area contributed by atoms with Crippen molar-refractivity contribution in [2.45, 2.75) is 118 Å². The first-order valence-corrected chi connectivity index (χ1v) is 27.9. The molecule has 0 fully saturated rings. The van der Waals surface area contributed by atoms with E-state index in [1.165, 1.54) is 0 Å². The van der Waals surface area contributed by atoms with Crippen LogP contribution in [0.5, 0.6) is 0 Å². The van der Waals surface area contributed by atoms with Crippen molar-refractivity contribution < 1.29 is 9.59 Å². The van der Waals surface area contributed by atoms with Gasteiger partial charge < -0.3 is 9.80 Å². The van der Waals surface area contributed by atoms with Gasteiger partial charge in [0.05, 0.1) is 51.0 Å². The number of carbonyl (C=O) groups is 2. The molecule has 10 heteroatoms. The molecule has 2 amide bonds. The second-order valence-corrected chi connectivity index (χ2v) is 28.4. The quantitative estimate of drug-likeness (QED) is 0.121. The first-order chi connectivity index (χ1) is 22.6. The highest BCUT2D eigenvalue weighted by atomic mass is 79.9. The minimum absolute atomic E-state index is 0.0648. The van der Waals surface area contributed by atoms with Gasteiger partial charge in [-0.1, -0.05) is 117 Å². The van der Waals surface area contributed by atoms with Crippen LogP contribution in [0.4, 0.5) is 11.4 Å². The summed E-state index contributed by atoms with van der Waals surface area (Å²) in [5, 5.41) is 0. The SMILES string of the molecule is CCCCC(CC)CN1C(=O)C(=C2C(=O)N(CC(CC)CCCC)c3c2sc(C#C[Si](C)(C)C)c3Br)c2sc(C#C[Si](C)(C)C)c(Br)c21. The summed E-state index contributed by atoms with van der Waals surface area (Å²) in [5.41, 5.74) is 9.91. The monoisotopic (exact) mass is 846 g/mol. The van der Waals surface area contributed by atoms with Crippen molar-refractivity contribution in [3.63, 3.8) is 0 Å². The lowest BCUT2D eigenvalue weighted by molar-refractivity contribution is -0.114. The minimum Gasteiger partial charge on any atom is -0.305 e. The smallest absolute Gasteiger partial charge is 0.260 e. The zero-order valence-electron chi connectivity index (χ0n) is 30.5. The fraction of sp³-hybridized carbons (Fsp3) is 0.579. The van der Waals surface area contributed by atoms with Gasteiger partial charge in [0, 0.05) is 13.1 Å². The predicted octanol–water partition coefficient (Wildman–Crippen LogP) is 11.8. The molecule has 0 aromatic carbocycles. The van der Waals surface area contributed by atoms with Crippen LogP contribution in [0.15, 0.2) is 8.95 Å². The van der Waals surface area contributed by atoms with Gasteiger partial charge in [0.15, 0.2) is 0 Å². The van der Waals surface area contributed by atoms with Gasteiger partial charge in [-0.2, -0.15) is 0 Å². The highest BCUT2D eigenvalue weighted by Gasteiger charge is 2.47. The predicted molar refractivity (Wildman–Crippen MR) is 223 cm³/mol. The molecule has 260 valence electrons. The second kappa shape index (κ2) is 16.3. The van der Waals surface area contributed by atoms with E-state index < -0.39 is 16.1 Å². The molecule has 0 N–H and O–H groups in total. The van der Waals surface area contributed by atoms with Crippen molar-refractivity contribution in [3.05, 3.63) is 28.5 Å². The van der Waals surface area contributed by atoms with E-state index in [1.54, 1.807) is 22.7 Å². The zero-order valence-corrected chi connectivity index (χ0v) is 37.3. The van der Waals surface area contributed by atoms with E-state index in [1.807, 2.05) is 9.80 Å². The topological polar surface area (TPSA) is 40.6 Å². The third-order valence-electron chi connectivity index (χ3n) is 8.89. The summed E-state index contributed by atoms with van der Waals surface area (Å²) >= 11 is 10.9. The van der Waals surface area contributed by atoms with Crippen molar-refractivity contribution >= 4 is 105 Å². The molecule has 2 aliphatic rings. The number of rotatable bonds is 12. The number of halogens is 2. The van der Waals surface area contributed by atoms with Crippen molar-refractivity contribution in [3.8, 4) is 22.9 Å². The summed E-state index contributed by atoms with van der Waals surface area (Å²) in [6.07, 6.45) is 8.68. The van der Waals surface area contributed by atoms with Gasteiger partial charge in [0.1, 0.15) is 16.1 Å². The van der Waals surface area contributed by atoms with Crippen LogP contribution in [-0.2, 0) is 9.59 Å². The number of hydrogen-bond donors (Lipinski definition) is 0. The molecule has 2 unspecified atom stereocenters. The molecule has 0 bridgehead atoms. The molecule has 0 radical (unpaired) electrons. The molecular formula is C38H52Br2N2O2S2Si2. The van der Waals surface area contributed by atoms with Gasteiger partial charge in [-0.25, -0.2) is 0 Å². The third kappa shape index (κ3) is 8.72. The van der Waals surface area contributed by atoms with E-state index in [2.05, 4.69) is 122 Å².